The van der Waals surface area contributed by atoms with Gasteiger partial charge in [0, 0.05) is 19.6 Å². The summed E-state index contributed by atoms with van der Waals surface area (Å²) in [7, 11) is 0. The predicted molar refractivity (Wildman–Crippen MR) is 116 cm³/mol. The van der Waals surface area contributed by atoms with Crippen molar-refractivity contribution in [1.29, 1.82) is 0 Å². The number of hydrogen-bond donors (Lipinski definition) is 2. The molecule has 3 aromatic carbocycles. The number of benzene rings is 3. The van der Waals surface area contributed by atoms with Crippen molar-refractivity contribution < 1.29 is 15.0 Å². The van der Waals surface area contributed by atoms with Gasteiger partial charge in [0.05, 0.1) is 18.2 Å². The first kappa shape index (κ1) is 20.1. The van der Waals surface area contributed by atoms with Gasteiger partial charge < -0.3 is 15.1 Å². The van der Waals surface area contributed by atoms with Crippen molar-refractivity contribution >= 4 is 6.09 Å². The van der Waals surface area contributed by atoms with E-state index in [4.69, 9.17) is 0 Å². The standard InChI is InChI=1S/C25H26N2O3/c28-19-23-18-26(24(29)30)16-17-27(23)25(20-10-4-1-5-11-20,21-12-6-2-7-13-21)22-14-8-3-9-15-22/h1-15,23,28H,16-19H2,(H,29,30)/t23-/m0/s1. The topological polar surface area (TPSA) is 64.0 Å². The molecule has 1 saturated heterocycles. The second-order valence-electron chi connectivity index (χ2n) is 7.57. The number of nitrogens with zero attached hydrogens (tertiary/aromatic N) is 2. The molecule has 0 unspecified atom stereocenters. The van der Waals surface area contributed by atoms with Crippen molar-refractivity contribution in [3.8, 4) is 0 Å². The highest BCUT2D eigenvalue weighted by Crippen LogP contribution is 2.44. The molecule has 154 valence electrons. The summed E-state index contributed by atoms with van der Waals surface area (Å²) in [6.07, 6.45) is -0.946. The van der Waals surface area contributed by atoms with Gasteiger partial charge in [-0.15, -0.1) is 0 Å². The summed E-state index contributed by atoms with van der Waals surface area (Å²) in [5, 5.41) is 19.8. The van der Waals surface area contributed by atoms with E-state index in [0.29, 0.717) is 13.1 Å². The Kier molecular flexibility index (Phi) is 5.84. The molecule has 1 aliphatic rings. The van der Waals surface area contributed by atoms with Crippen molar-refractivity contribution in [1.82, 2.24) is 9.80 Å². The number of amides is 1. The van der Waals surface area contributed by atoms with Crippen LogP contribution in [0.15, 0.2) is 91.0 Å². The highest BCUT2D eigenvalue weighted by Gasteiger charge is 2.47. The smallest absolute Gasteiger partial charge is 0.407 e. The van der Waals surface area contributed by atoms with Gasteiger partial charge in [-0.05, 0) is 16.7 Å². The normalized spacial score (nSPS) is 17.6. The molecule has 4 rings (SSSR count). The lowest BCUT2D eigenvalue weighted by atomic mass is 9.74. The minimum Gasteiger partial charge on any atom is -0.465 e. The third-order valence-corrected chi connectivity index (χ3v) is 5.97. The van der Waals surface area contributed by atoms with Gasteiger partial charge in [0.25, 0.3) is 0 Å². The molecule has 30 heavy (non-hydrogen) atoms. The highest BCUT2D eigenvalue weighted by atomic mass is 16.4. The van der Waals surface area contributed by atoms with Crippen LogP contribution in [0.3, 0.4) is 0 Å². The van der Waals surface area contributed by atoms with Crippen LogP contribution in [0, 0.1) is 0 Å². The van der Waals surface area contributed by atoms with E-state index in [1.807, 2.05) is 54.6 Å². The van der Waals surface area contributed by atoms with Crippen molar-refractivity contribution in [2.24, 2.45) is 0 Å². The molecule has 5 heteroatoms. The number of carbonyl (C=O) groups is 1. The summed E-state index contributed by atoms with van der Waals surface area (Å²) in [5.74, 6) is 0. The molecule has 0 bridgehead atoms. The number of rotatable bonds is 5. The van der Waals surface area contributed by atoms with E-state index in [9.17, 15) is 15.0 Å². The molecule has 1 atom stereocenters. The monoisotopic (exact) mass is 402 g/mol. The second kappa shape index (κ2) is 8.69. The van der Waals surface area contributed by atoms with E-state index in [0.717, 1.165) is 16.7 Å². The van der Waals surface area contributed by atoms with Gasteiger partial charge in [-0.25, -0.2) is 4.79 Å². The van der Waals surface area contributed by atoms with Crippen LogP contribution in [0.1, 0.15) is 16.7 Å². The zero-order valence-electron chi connectivity index (χ0n) is 16.8. The summed E-state index contributed by atoms with van der Waals surface area (Å²) < 4.78 is 0. The van der Waals surface area contributed by atoms with Gasteiger partial charge >= 0.3 is 6.09 Å². The van der Waals surface area contributed by atoms with Gasteiger partial charge in [0.1, 0.15) is 0 Å². The Balaban J connectivity index is 1.97. The van der Waals surface area contributed by atoms with Gasteiger partial charge in [0.2, 0.25) is 0 Å². The van der Waals surface area contributed by atoms with E-state index in [1.54, 1.807) is 0 Å². The number of aliphatic hydroxyl groups is 1. The van der Waals surface area contributed by atoms with E-state index < -0.39 is 11.6 Å². The molecule has 0 radical (unpaired) electrons. The summed E-state index contributed by atoms with van der Waals surface area (Å²) in [5.41, 5.74) is 2.61. The van der Waals surface area contributed by atoms with Crippen LogP contribution in [-0.4, -0.2) is 58.4 Å². The maximum absolute atomic E-state index is 11.6. The predicted octanol–water partition coefficient (Wildman–Crippen LogP) is 3.64. The average Bonchev–Trinajstić information content (AvgIpc) is 2.82. The van der Waals surface area contributed by atoms with Crippen LogP contribution >= 0.6 is 0 Å². The molecule has 0 saturated carbocycles. The molecule has 1 heterocycles. The fraction of sp³-hybridized carbons (Fsp3) is 0.240. The van der Waals surface area contributed by atoms with Gasteiger partial charge in [-0.1, -0.05) is 91.0 Å². The fourth-order valence-corrected chi connectivity index (χ4v) is 4.66. The Labute approximate surface area is 176 Å². The largest absolute Gasteiger partial charge is 0.465 e. The minimum absolute atomic E-state index is 0.127. The first-order chi connectivity index (χ1) is 14.7. The highest BCUT2D eigenvalue weighted by molar-refractivity contribution is 5.65. The van der Waals surface area contributed by atoms with E-state index in [2.05, 4.69) is 41.3 Å². The van der Waals surface area contributed by atoms with Crippen LogP contribution < -0.4 is 0 Å². The molecule has 1 fully saturated rings. The zero-order valence-corrected chi connectivity index (χ0v) is 16.8. The molecule has 0 spiro atoms. The molecule has 1 aliphatic heterocycles. The Morgan fingerprint density at radius 2 is 1.23 bits per heavy atom. The lowest BCUT2D eigenvalue weighted by molar-refractivity contribution is -0.00181. The SMILES string of the molecule is O=C(O)N1CCN(C(c2ccccc2)(c2ccccc2)c2ccccc2)[C@H](CO)C1. The first-order valence-electron chi connectivity index (χ1n) is 10.2. The van der Waals surface area contributed by atoms with E-state index >= 15 is 0 Å². The minimum atomic E-state index is -0.946. The van der Waals surface area contributed by atoms with Crippen molar-refractivity contribution in [2.75, 3.05) is 26.2 Å². The lowest BCUT2D eigenvalue weighted by Gasteiger charge is -2.52. The zero-order chi connectivity index (χ0) is 21.0. The molecular weight excluding hydrogens is 376 g/mol. The summed E-state index contributed by atoms with van der Waals surface area (Å²) in [4.78, 5) is 15.3. The third kappa shape index (κ3) is 3.47. The number of carboxylic acid groups (broad SMARTS) is 1. The molecule has 3 aromatic rings. The van der Waals surface area contributed by atoms with E-state index in [1.165, 1.54) is 4.90 Å². The van der Waals surface area contributed by atoms with Crippen molar-refractivity contribution in [3.05, 3.63) is 108 Å². The van der Waals surface area contributed by atoms with Crippen LogP contribution in [0.4, 0.5) is 4.79 Å². The summed E-state index contributed by atoms with van der Waals surface area (Å²) in [6, 6.07) is 30.5. The van der Waals surface area contributed by atoms with Crippen molar-refractivity contribution in [3.63, 3.8) is 0 Å². The number of piperazine rings is 1. The van der Waals surface area contributed by atoms with Gasteiger partial charge in [-0.3, -0.25) is 4.90 Å². The Bertz CT molecular complexity index is 867. The van der Waals surface area contributed by atoms with Crippen LogP contribution in [0.25, 0.3) is 0 Å². The maximum atomic E-state index is 11.6. The van der Waals surface area contributed by atoms with Crippen molar-refractivity contribution in [2.45, 2.75) is 11.6 Å². The van der Waals surface area contributed by atoms with Gasteiger partial charge in [0.15, 0.2) is 0 Å². The Morgan fingerprint density at radius 3 is 1.60 bits per heavy atom. The molecule has 0 aliphatic carbocycles. The molecular formula is C25H26N2O3. The van der Waals surface area contributed by atoms with Crippen LogP contribution in [-0.2, 0) is 5.54 Å². The lowest BCUT2D eigenvalue weighted by Crippen LogP contribution is -2.63. The summed E-state index contributed by atoms with van der Waals surface area (Å²) >= 11 is 0. The van der Waals surface area contributed by atoms with Crippen LogP contribution in [0.5, 0.6) is 0 Å². The fourth-order valence-electron chi connectivity index (χ4n) is 4.66. The third-order valence-electron chi connectivity index (χ3n) is 5.97. The molecule has 0 aromatic heterocycles. The molecule has 1 amide bonds. The maximum Gasteiger partial charge on any atom is 0.407 e. The molecule has 2 N–H and O–H groups in total. The van der Waals surface area contributed by atoms with Gasteiger partial charge in [-0.2, -0.15) is 0 Å². The Hall–Kier alpha value is -3.15. The average molecular weight is 402 g/mol. The Morgan fingerprint density at radius 1 is 0.800 bits per heavy atom. The number of hydrogen-bond acceptors (Lipinski definition) is 3. The summed E-state index contributed by atoms with van der Waals surface area (Å²) in [6.45, 7) is 1.04. The molecule has 5 nitrogen and oxygen atoms in total. The van der Waals surface area contributed by atoms with Crippen LogP contribution in [0.2, 0.25) is 0 Å². The van der Waals surface area contributed by atoms with E-state index in [-0.39, 0.29) is 19.2 Å². The second-order valence-corrected chi connectivity index (χ2v) is 7.57. The number of aliphatic hydroxyl groups excluding tert-OH is 1. The quantitative estimate of drug-likeness (QED) is 0.640. The first-order valence-corrected chi connectivity index (χ1v) is 10.2.